The van der Waals surface area contributed by atoms with Crippen LogP contribution in [0.4, 0.5) is 5.13 Å². The summed E-state index contributed by atoms with van der Waals surface area (Å²) in [5.74, 6) is -0.423. The fourth-order valence-electron chi connectivity index (χ4n) is 2.39. The lowest BCUT2D eigenvalue weighted by Crippen LogP contribution is -2.13. The minimum atomic E-state index is -0.442. The topological polar surface area (TPSA) is 124 Å². The number of nitrogens with one attached hydrogen (secondary N) is 2. The molecular formula is C18H26N6O4S. The fraction of sp³-hybridized carbons (Fsp3) is 0.500. The monoisotopic (exact) mass is 422 g/mol. The third-order valence-electron chi connectivity index (χ3n) is 4.20. The van der Waals surface area contributed by atoms with Gasteiger partial charge in [-0.05, 0) is 17.9 Å². The second kappa shape index (κ2) is 10.8. The Kier molecular flexibility index (Phi) is 8.43. The van der Waals surface area contributed by atoms with Gasteiger partial charge in [-0.15, -0.1) is 5.10 Å². The predicted molar refractivity (Wildman–Crippen MR) is 110 cm³/mol. The predicted octanol–water partition coefficient (Wildman–Crippen LogP) is 2.29. The fourth-order valence-corrected chi connectivity index (χ4v) is 3.43. The Balaban J connectivity index is 2.19. The maximum absolute atomic E-state index is 12.5. The summed E-state index contributed by atoms with van der Waals surface area (Å²) >= 11 is 1.24. The first-order valence-corrected chi connectivity index (χ1v) is 9.75. The lowest BCUT2D eigenvalue weighted by atomic mass is 9.97. The highest BCUT2D eigenvalue weighted by atomic mass is 32.1. The van der Waals surface area contributed by atoms with Gasteiger partial charge in [-0.2, -0.15) is 0 Å². The van der Waals surface area contributed by atoms with E-state index in [0.717, 1.165) is 12.0 Å². The number of carbonyl (C=O) groups is 1. The largest absolute Gasteiger partial charge is 0.480 e. The molecule has 0 saturated carbocycles. The van der Waals surface area contributed by atoms with Gasteiger partial charge in [0, 0.05) is 20.8 Å². The van der Waals surface area contributed by atoms with E-state index in [9.17, 15) is 4.79 Å². The lowest BCUT2D eigenvalue weighted by Gasteiger charge is -2.13. The van der Waals surface area contributed by atoms with Crippen molar-refractivity contribution in [3.8, 4) is 0 Å². The second-order valence-corrected chi connectivity index (χ2v) is 7.25. The summed E-state index contributed by atoms with van der Waals surface area (Å²) in [5.41, 5.74) is 1.31. The van der Waals surface area contributed by atoms with Gasteiger partial charge >= 0.3 is 0 Å². The number of anilines is 1. The van der Waals surface area contributed by atoms with Gasteiger partial charge < -0.3 is 14.2 Å². The molecule has 2 aromatic heterocycles. The molecule has 0 spiro atoms. The second-order valence-electron chi connectivity index (χ2n) is 6.25. The van der Waals surface area contributed by atoms with E-state index < -0.39 is 5.91 Å². The molecule has 158 valence electrons. The number of hydrogen-bond donors (Lipinski definition) is 2. The molecule has 0 fully saturated rings. The summed E-state index contributed by atoms with van der Waals surface area (Å²) in [5, 5.41) is 18.8. The number of thiazole rings is 1. The number of nitrogens with zero attached hydrogens (tertiary/aromatic N) is 4. The molecule has 29 heavy (non-hydrogen) atoms. The van der Waals surface area contributed by atoms with Crippen molar-refractivity contribution in [2.75, 3.05) is 39.9 Å². The molecule has 0 saturated heterocycles. The molecule has 0 aromatic carbocycles. The van der Waals surface area contributed by atoms with Crippen molar-refractivity contribution >= 4 is 33.8 Å². The van der Waals surface area contributed by atoms with Gasteiger partial charge in [0.2, 0.25) is 5.90 Å². The van der Waals surface area contributed by atoms with Gasteiger partial charge in [0.1, 0.15) is 5.69 Å². The van der Waals surface area contributed by atoms with Gasteiger partial charge in [0.15, 0.2) is 10.8 Å². The van der Waals surface area contributed by atoms with Crippen LogP contribution in [0.3, 0.4) is 0 Å². The van der Waals surface area contributed by atoms with Crippen molar-refractivity contribution in [1.29, 1.82) is 5.41 Å². The zero-order valence-corrected chi connectivity index (χ0v) is 17.8. The summed E-state index contributed by atoms with van der Waals surface area (Å²) in [6.45, 7) is 7.73. The highest BCUT2D eigenvalue weighted by molar-refractivity contribution is 7.17. The number of ether oxygens (including phenoxy) is 3. The van der Waals surface area contributed by atoms with Crippen LogP contribution in [0.25, 0.3) is 5.57 Å². The molecule has 0 bridgehead atoms. The summed E-state index contributed by atoms with van der Waals surface area (Å²) in [7, 11) is 4.64. The molecule has 11 heteroatoms. The average Bonchev–Trinajstić information content (AvgIpc) is 3.36. The Labute approximate surface area is 173 Å². The van der Waals surface area contributed by atoms with Crippen LogP contribution in [-0.4, -0.2) is 66.3 Å². The van der Waals surface area contributed by atoms with Crippen molar-refractivity contribution in [1.82, 2.24) is 20.0 Å². The Morgan fingerprint density at radius 2 is 2.07 bits per heavy atom. The maximum atomic E-state index is 12.5. The van der Waals surface area contributed by atoms with Crippen molar-refractivity contribution in [3.63, 3.8) is 0 Å². The smallest absolute Gasteiger partial charge is 0.279 e. The van der Waals surface area contributed by atoms with Gasteiger partial charge in [-0.3, -0.25) is 15.5 Å². The zero-order chi connectivity index (χ0) is 21.4. The lowest BCUT2D eigenvalue weighted by molar-refractivity contribution is 0.102. The van der Waals surface area contributed by atoms with Crippen LogP contribution in [-0.2, 0) is 20.8 Å². The minimum Gasteiger partial charge on any atom is -0.480 e. The normalized spacial score (nSPS) is 11.9. The summed E-state index contributed by atoms with van der Waals surface area (Å²) < 4.78 is 16.7. The van der Waals surface area contributed by atoms with Gasteiger partial charge in [0.05, 0.1) is 31.3 Å². The number of allylic oxidation sites excluding steroid dienone is 1. The van der Waals surface area contributed by atoms with Crippen molar-refractivity contribution in [3.05, 3.63) is 29.0 Å². The minimum absolute atomic E-state index is 0.0950. The first-order valence-electron chi connectivity index (χ1n) is 8.93. The van der Waals surface area contributed by atoms with Gasteiger partial charge in [-0.25, -0.2) is 9.67 Å². The van der Waals surface area contributed by atoms with Crippen molar-refractivity contribution < 1.29 is 19.0 Å². The van der Waals surface area contributed by atoms with Crippen LogP contribution in [0.5, 0.6) is 0 Å². The highest BCUT2D eigenvalue weighted by Gasteiger charge is 2.23. The molecule has 10 nitrogen and oxygen atoms in total. The number of rotatable bonds is 11. The van der Waals surface area contributed by atoms with Crippen molar-refractivity contribution in [2.45, 2.75) is 19.9 Å². The van der Waals surface area contributed by atoms with Crippen molar-refractivity contribution in [2.24, 2.45) is 5.92 Å². The number of methoxy groups -OCH3 is 3. The Bertz CT molecular complexity index is 862. The number of aromatic nitrogens is 4. The van der Waals surface area contributed by atoms with Crippen LogP contribution >= 0.6 is 11.3 Å². The van der Waals surface area contributed by atoms with Crippen LogP contribution in [0.15, 0.2) is 12.8 Å². The molecule has 0 aliphatic rings. The quantitative estimate of drug-likeness (QED) is 0.420. The molecule has 2 aromatic rings. The Morgan fingerprint density at radius 3 is 2.72 bits per heavy atom. The SMILES string of the molecule is C=C(c1sc(NC(=O)c2cn(CCOC)nn2)nc1C(=N)OC)C(C)CCOC. The first-order chi connectivity index (χ1) is 13.9. The van der Waals surface area contributed by atoms with Crippen LogP contribution in [0.2, 0.25) is 0 Å². The molecule has 1 amide bonds. The summed E-state index contributed by atoms with van der Waals surface area (Å²) in [6.07, 6.45) is 2.31. The number of hydrogen-bond acceptors (Lipinski definition) is 9. The third kappa shape index (κ3) is 5.92. The van der Waals surface area contributed by atoms with Crippen LogP contribution in [0, 0.1) is 11.3 Å². The van der Waals surface area contributed by atoms with E-state index in [0.29, 0.717) is 35.5 Å². The van der Waals surface area contributed by atoms with E-state index in [1.165, 1.54) is 29.3 Å². The molecule has 2 heterocycles. The molecule has 1 unspecified atom stereocenters. The number of amides is 1. The van der Waals surface area contributed by atoms with E-state index in [1.807, 2.05) is 6.92 Å². The zero-order valence-electron chi connectivity index (χ0n) is 17.0. The highest BCUT2D eigenvalue weighted by Crippen LogP contribution is 2.34. The summed E-state index contributed by atoms with van der Waals surface area (Å²) in [6, 6.07) is 0. The molecule has 2 rings (SSSR count). The van der Waals surface area contributed by atoms with E-state index in [-0.39, 0.29) is 17.5 Å². The Hall–Kier alpha value is -2.63. The molecule has 0 aliphatic carbocycles. The first kappa shape index (κ1) is 22.7. The third-order valence-corrected chi connectivity index (χ3v) is 5.25. The molecule has 0 radical (unpaired) electrons. The number of carbonyl (C=O) groups excluding carboxylic acids is 1. The summed E-state index contributed by atoms with van der Waals surface area (Å²) in [4.78, 5) is 17.5. The molecule has 2 N–H and O–H groups in total. The van der Waals surface area contributed by atoms with Gasteiger partial charge in [0.25, 0.3) is 5.91 Å². The van der Waals surface area contributed by atoms with E-state index in [2.05, 4.69) is 27.2 Å². The maximum Gasteiger partial charge on any atom is 0.279 e. The van der Waals surface area contributed by atoms with Gasteiger partial charge in [-0.1, -0.05) is 30.1 Å². The molecular weight excluding hydrogens is 396 g/mol. The van der Waals surface area contributed by atoms with E-state index in [1.54, 1.807) is 14.2 Å². The van der Waals surface area contributed by atoms with E-state index in [4.69, 9.17) is 19.6 Å². The Morgan fingerprint density at radius 1 is 1.34 bits per heavy atom. The average molecular weight is 423 g/mol. The van der Waals surface area contributed by atoms with E-state index >= 15 is 0 Å². The van der Waals surface area contributed by atoms with Crippen LogP contribution in [0.1, 0.15) is 34.4 Å². The standard InChI is InChI=1S/C18H26N6O4S/c1-11(6-8-26-3)12(2)15-14(16(19)28-5)20-18(29-15)21-17(25)13-10-24(23-22-13)7-9-27-4/h10-11,19H,2,6-9H2,1,3-5H3,(H,20,21,25). The molecule has 1 atom stereocenters. The molecule has 0 aliphatic heterocycles. The van der Waals surface area contributed by atoms with Crippen LogP contribution < -0.4 is 5.32 Å².